The predicted octanol–water partition coefficient (Wildman–Crippen LogP) is 1.70. The first kappa shape index (κ1) is 13.6. The highest BCUT2D eigenvalue weighted by Gasteiger charge is 2.11. The Kier molecular flexibility index (Phi) is 5.06. The van der Waals surface area contributed by atoms with E-state index in [9.17, 15) is 10.1 Å². The van der Waals surface area contributed by atoms with Crippen LogP contribution in [0.2, 0.25) is 0 Å². The number of nitro benzene ring substituents is 1. The molecular formula is C12H18N2O3. The van der Waals surface area contributed by atoms with Crippen LogP contribution < -0.4 is 5.32 Å². The smallest absolute Gasteiger partial charge is 0.269 e. The van der Waals surface area contributed by atoms with Crippen LogP contribution in [0.25, 0.3) is 0 Å². The third kappa shape index (κ3) is 4.13. The van der Waals surface area contributed by atoms with Crippen molar-refractivity contribution >= 4 is 5.69 Å². The zero-order chi connectivity index (χ0) is 12.8. The van der Waals surface area contributed by atoms with Gasteiger partial charge in [0.15, 0.2) is 0 Å². The van der Waals surface area contributed by atoms with Crippen molar-refractivity contribution in [1.29, 1.82) is 0 Å². The fourth-order valence-corrected chi connectivity index (χ4v) is 1.42. The molecule has 0 radical (unpaired) electrons. The second kappa shape index (κ2) is 6.32. The molecule has 0 aliphatic heterocycles. The fourth-order valence-electron chi connectivity index (χ4n) is 1.42. The van der Waals surface area contributed by atoms with Crippen LogP contribution in [-0.4, -0.2) is 22.7 Å². The summed E-state index contributed by atoms with van der Waals surface area (Å²) in [6, 6.07) is 6.72. The van der Waals surface area contributed by atoms with E-state index in [1.807, 2.05) is 19.9 Å². The summed E-state index contributed by atoms with van der Waals surface area (Å²) >= 11 is 0. The monoisotopic (exact) mass is 238 g/mol. The Morgan fingerprint density at radius 2 is 2.18 bits per heavy atom. The Balaban J connectivity index is 2.57. The standard InChI is InChI=1S/C12H18N2O3/c1-9(8-15)10(2)13-7-11-4-3-5-12(6-11)14(16)17/h3-6,9-10,13,15H,7-8H2,1-2H3. The Labute approximate surface area is 101 Å². The van der Waals surface area contributed by atoms with Crippen LogP contribution in [0, 0.1) is 16.0 Å². The third-order valence-electron chi connectivity index (χ3n) is 2.89. The SMILES string of the molecule is CC(CO)C(C)NCc1cccc([N+](=O)[O-])c1. The molecule has 94 valence electrons. The molecule has 0 spiro atoms. The van der Waals surface area contributed by atoms with Gasteiger partial charge in [-0.05, 0) is 18.4 Å². The van der Waals surface area contributed by atoms with E-state index >= 15 is 0 Å². The number of hydrogen-bond acceptors (Lipinski definition) is 4. The van der Waals surface area contributed by atoms with Gasteiger partial charge in [-0.1, -0.05) is 19.1 Å². The van der Waals surface area contributed by atoms with Crippen molar-refractivity contribution in [1.82, 2.24) is 5.32 Å². The van der Waals surface area contributed by atoms with Crippen LogP contribution in [0.1, 0.15) is 19.4 Å². The van der Waals surface area contributed by atoms with E-state index in [0.29, 0.717) is 6.54 Å². The summed E-state index contributed by atoms with van der Waals surface area (Å²) in [6.45, 7) is 4.62. The first-order chi connectivity index (χ1) is 8.04. The molecule has 2 N–H and O–H groups in total. The minimum atomic E-state index is -0.400. The number of nitro groups is 1. The lowest BCUT2D eigenvalue weighted by molar-refractivity contribution is -0.384. The van der Waals surface area contributed by atoms with E-state index in [1.165, 1.54) is 6.07 Å². The molecule has 0 saturated heterocycles. The van der Waals surface area contributed by atoms with Gasteiger partial charge in [-0.25, -0.2) is 0 Å². The molecule has 1 rings (SSSR count). The number of non-ortho nitro benzene ring substituents is 1. The van der Waals surface area contributed by atoms with Gasteiger partial charge in [0.25, 0.3) is 5.69 Å². The Hall–Kier alpha value is -1.46. The molecule has 0 fully saturated rings. The quantitative estimate of drug-likeness (QED) is 0.584. The van der Waals surface area contributed by atoms with Crippen LogP contribution in [0.5, 0.6) is 0 Å². The number of aliphatic hydroxyl groups is 1. The van der Waals surface area contributed by atoms with Gasteiger partial charge in [0.2, 0.25) is 0 Å². The van der Waals surface area contributed by atoms with Crippen LogP contribution >= 0.6 is 0 Å². The molecule has 0 aromatic heterocycles. The fraction of sp³-hybridized carbons (Fsp3) is 0.500. The Morgan fingerprint density at radius 1 is 1.47 bits per heavy atom. The molecule has 5 heteroatoms. The van der Waals surface area contributed by atoms with Crippen LogP contribution in [0.15, 0.2) is 24.3 Å². The summed E-state index contributed by atoms with van der Waals surface area (Å²) in [4.78, 5) is 10.2. The lowest BCUT2D eigenvalue weighted by Crippen LogP contribution is -2.33. The number of nitrogens with zero attached hydrogens (tertiary/aromatic N) is 1. The maximum atomic E-state index is 10.6. The van der Waals surface area contributed by atoms with Gasteiger partial charge in [-0.3, -0.25) is 10.1 Å². The Bertz CT molecular complexity index is 382. The van der Waals surface area contributed by atoms with E-state index in [2.05, 4.69) is 5.32 Å². The van der Waals surface area contributed by atoms with Gasteiger partial charge in [-0.15, -0.1) is 0 Å². The number of rotatable bonds is 6. The van der Waals surface area contributed by atoms with Gasteiger partial charge in [0, 0.05) is 31.3 Å². The first-order valence-electron chi connectivity index (χ1n) is 5.62. The van der Waals surface area contributed by atoms with Crippen molar-refractivity contribution in [2.75, 3.05) is 6.61 Å². The first-order valence-corrected chi connectivity index (χ1v) is 5.62. The lowest BCUT2D eigenvalue weighted by Gasteiger charge is -2.19. The topological polar surface area (TPSA) is 75.4 Å². The van der Waals surface area contributed by atoms with Crippen molar-refractivity contribution in [2.45, 2.75) is 26.4 Å². The molecule has 0 saturated carbocycles. The van der Waals surface area contributed by atoms with Crippen LogP contribution in [0.4, 0.5) is 5.69 Å². The minimum Gasteiger partial charge on any atom is -0.396 e. The molecule has 2 atom stereocenters. The predicted molar refractivity (Wildman–Crippen MR) is 65.6 cm³/mol. The average molecular weight is 238 g/mol. The number of nitrogens with one attached hydrogen (secondary N) is 1. The van der Waals surface area contributed by atoms with Gasteiger partial charge in [0.1, 0.15) is 0 Å². The van der Waals surface area contributed by atoms with Crippen LogP contribution in [0.3, 0.4) is 0 Å². The molecule has 2 unspecified atom stereocenters. The largest absolute Gasteiger partial charge is 0.396 e. The highest BCUT2D eigenvalue weighted by molar-refractivity contribution is 5.34. The lowest BCUT2D eigenvalue weighted by atomic mass is 10.0. The van der Waals surface area contributed by atoms with Crippen molar-refractivity contribution in [3.05, 3.63) is 39.9 Å². The molecular weight excluding hydrogens is 220 g/mol. The molecule has 0 amide bonds. The number of aliphatic hydroxyl groups excluding tert-OH is 1. The van der Waals surface area contributed by atoms with E-state index in [0.717, 1.165) is 5.56 Å². The summed E-state index contributed by atoms with van der Waals surface area (Å²) in [5.41, 5.74) is 0.975. The Morgan fingerprint density at radius 3 is 2.76 bits per heavy atom. The van der Waals surface area contributed by atoms with E-state index in [-0.39, 0.29) is 24.3 Å². The van der Waals surface area contributed by atoms with Crippen LogP contribution in [-0.2, 0) is 6.54 Å². The molecule has 0 bridgehead atoms. The number of benzene rings is 1. The molecule has 0 aliphatic rings. The minimum absolute atomic E-state index is 0.104. The molecule has 5 nitrogen and oxygen atoms in total. The van der Waals surface area contributed by atoms with E-state index in [1.54, 1.807) is 12.1 Å². The highest BCUT2D eigenvalue weighted by Crippen LogP contribution is 2.13. The summed E-state index contributed by atoms with van der Waals surface area (Å²) in [7, 11) is 0. The number of hydrogen-bond donors (Lipinski definition) is 2. The maximum Gasteiger partial charge on any atom is 0.269 e. The van der Waals surface area contributed by atoms with E-state index < -0.39 is 4.92 Å². The molecule has 1 aromatic rings. The van der Waals surface area contributed by atoms with Crippen molar-refractivity contribution in [2.24, 2.45) is 5.92 Å². The summed E-state index contributed by atoms with van der Waals surface area (Å²) in [5.74, 6) is 0.161. The van der Waals surface area contributed by atoms with Gasteiger partial charge < -0.3 is 10.4 Å². The third-order valence-corrected chi connectivity index (χ3v) is 2.89. The average Bonchev–Trinajstić information content (AvgIpc) is 2.35. The summed E-state index contributed by atoms with van der Waals surface area (Å²) in [6.07, 6.45) is 0. The maximum absolute atomic E-state index is 10.6. The van der Waals surface area contributed by atoms with Crippen molar-refractivity contribution in [3.63, 3.8) is 0 Å². The molecule has 0 heterocycles. The van der Waals surface area contributed by atoms with E-state index in [4.69, 9.17) is 5.11 Å². The molecule has 0 aliphatic carbocycles. The van der Waals surface area contributed by atoms with Crippen molar-refractivity contribution in [3.8, 4) is 0 Å². The molecule has 1 aromatic carbocycles. The summed E-state index contributed by atoms with van der Waals surface area (Å²) < 4.78 is 0. The zero-order valence-electron chi connectivity index (χ0n) is 10.1. The normalized spacial score (nSPS) is 14.3. The zero-order valence-corrected chi connectivity index (χ0v) is 10.1. The molecule has 17 heavy (non-hydrogen) atoms. The van der Waals surface area contributed by atoms with Gasteiger partial charge in [0.05, 0.1) is 4.92 Å². The van der Waals surface area contributed by atoms with Gasteiger partial charge >= 0.3 is 0 Å². The second-order valence-corrected chi connectivity index (χ2v) is 4.26. The highest BCUT2D eigenvalue weighted by atomic mass is 16.6. The van der Waals surface area contributed by atoms with Crippen molar-refractivity contribution < 1.29 is 10.0 Å². The second-order valence-electron chi connectivity index (χ2n) is 4.26. The summed E-state index contributed by atoms with van der Waals surface area (Å²) in [5, 5.41) is 22.8. The van der Waals surface area contributed by atoms with Gasteiger partial charge in [-0.2, -0.15) is 0 Å².